The van der Waals surface area contributed by atoms with Gasteiger partial charge in [0, 0.05) is 11.9 Å². The molecule has 2 heterocycles. The normalized spacial score (nSPS) is 10.5. The van der Waals surface area contributed by atoms with Crippen molar-refractivity contribution in [2.75, 3.05) is 5.32 Å². The molecular weight excluding hydrogens is 334 g/mol. The predicted octanol–water partition coefficient (Wildman–Crippen LogP) is 4.29. The number of aromatic nitrogens is 2. The summed E-state index contributed by atoms with van der Waals surface area (Å²) in [4.78, 5) is 21.6. The smallest absolute Gasteiger partial charge is 0.267 e. The average molecular weight is 353 g/mol. The quantitative estimate of drug-likeness (QED) is 0.743. The Morgan fingerprint density at radius 2 is 2.08 bits per heavy atom. The van der Waals surface area contributed by atoms with Crippen LogP contribution in [0.15, 0.2) is 42.7 Å². The summed E-state index contributed by atoms with van der Waals surface area (Å²) < 4.78 is 5.64. The third-order valence-corrected chi connectivity index (χ3v) is 4.80. The number of thiazole rings is 1. The van der Waals surface area contributed by atoms with Crippen molar-refractivity contribution in [1.82, 2.24) is 9.97 Å². The molecule has 25 heavy (non-hydrogen) atoms. The fraction of sp³-hybridized carbons (Fsp3) is 0.211. The van der Waals surface area contributed by atoms with Crippen LogP contribution in [0.4, 0.5) is 5.69 Å². The highest BCUT2D eigenvalue weighted by molar-refractivity contribution is 7.13. The maximum absolute atomic E-state index is 12.6. The molecule has 0 atom stereocenters. The highest BCUT2D eigenvalue weighted by Crippen LogP contribution is 2.23. The van der Waals surface area contributed by atoms with E-state index in [1.807, 2.05) is 51.1 Å². The number of rotatable bonds is 5. The van der Waals surface area contributed by atoms with Crippen molar-refractivity contribution in [3.63, 3.8) is 0 Å². The second-order valence-electron chi connectivity index (χ2n) is 5.77. The maximum Gasteiger partial charge on any atom is 0.267 e. The molecule has 0 saturated heterocycles. The van der Waals surface area contributed by atoms with Crippen molar-refractivity contribution < 1.29 is 9.53 Å². The lowest BCUT2D eigenvalue weighted by Crippen LogP contribution is -2.12. The Kier molecular flexibility index (Phi) is 5.09. The molecule has 1 amide bonds. The zero-order valence-corrected chi connectivity index (χ0v) is 15.2. The van der Waals surface area contributed by atoms with Crippen LogP contribution in [-0.2, 0) is 6.61 Å². The summed E-state index contributed by atoms with van der Waals surface area (Å²) in [6.07, 6.45) is 3.34. The summed E-state index contributed by atoms with van der Waals surface area (Å²) in [6.45, 7) is 6.16. The molecule has 5 nitrogen and oxygen atoms in total. The van der Waals surface area contributed by atoms with E-state index in [1.54, 1.807) is 12.4 Å². The van der Waals surface area contributed by atoms with Crippen LogP contribution in [0.3, 0.4) is 0 Å². The molecule has 0 bridgehead atoms. The number of carbonyl (C=O) groups excluding carboxylic acids is 1. The van der Waals surface area contributed by atoms with E-state index in [4.69, 9.17) is 4.74 Å². The average Bonchev–Trinajstić information content (AvgIpc) is 2.97. The van der Waals surface area contributed by atoms with Gasteiger partial charge < -0.3 is 10.1 Å². The summed E-state index contributed by atoms with van der Waals surface area (Å²) in [5.74, 6) is 0.534. The van der Waals surface area contributed by atoms with E-state index in [9.17, 15) is 4.79 Å². The van der Waals surface area contributed by atoms with Gasteiger partial charge in [0.2, 0.25) is 0 Å². The molecular formula is C19H19N3O2S. The molecule has 1 aromatic carbocycles. The number of amides is 1. The van der Waals surface area contributed by atoms with E-state index in [-0.39, 0.29) is 5.91 Å². The Balaban J connectivity index is 1.70. The van der Waals surface area contributed by atoms with Crippen molar-refractivity contribution in [2.24, 2.45) is 0 Å². The molecule has 3 aromatic rings. The Hall–Kier alpha value is -2.73. The summed E-state index contributed by atoms with van der Waals surface area (Å²) >= 11 is 1.35. The van der Waals surface area contributed by atoms with Crippen molar-refractivity contribution in [1.29, 1.82) is 0 Å². The highest BCUT2D eigenvalue weighted by Gasteiger charge is 2.16. The standard InChI is InChI=1S/C19H19N3O2S/c1-12-6-7-16(13(2)9-12)22-19(23)18-14(3)21-17(25-18)11-24-15-5-4-8-20-10-15/h4-10H,11H2,1-3H3,(H,22,23). The summed E-state index contributed by atoms with van der Waals surface area (Å²) in [6, 6.07) is 9.59. The Morgan fingerprint density at radius 3 is 2.80 bits per heavy atom. The van der Waals surface area contributed by atoms with Crippen LogP contribution in [0.1, 0.15) is 31.5 Å². The van der Waals surface area contributed by atoms with Gasteiger partial charge in [0.15, 0.2) is 0 Å². The minimum Gasteiger partial charge on any atom is -0.485 e. The van der Waals surface area contributed by atoms with Gasteiger partial charge in [0.05, 0.1) is 11.9 Å². The molecule has 0 unspecified atom stereocenters. The zero-order valence-electron chi connectivity index (χ0n) is 14.4. The monoisotopic (exact) mass is 353 g/mol. The van der Waals surface area contributed by atoms with Gasteiger partial charge in [-0.15, -0.1) is 11.3 Å². The molecule has 2 aromatic heterocycles. The number of hydrogen-bond donors (Lipinski definition) is 1. The molecule has 6 heteroatoms. The largest absolute Gasteiger partial charge is 0.485 e. The number of hydrogen-bond acceptors (Lipinski definition) is 5. The van der Waals surface area contributed by atoms with Crippen LogP contribution >= 0.6 is 11.3 Å². The fourth-order valence-electron chi connectivity index (χ4n) is 2.44. The number of nitrogens with one attached hydrogen (secondary N) is 1. The second kappa shape index (κ2) is 7.44. The minimum absolute atomic E-state index is 0.144. The summed E-state index contributed by atoms with van der Waals surface area (Å²) in [5, 5.41) is 3.72. The molecule has 0 aliphatic heterocycles. The van der Waals surface area contributed by atoms with Crippen molar-refractivity contribution >= 4 is 22.9 Å². The molecule has 0 saturated carbocycles. The topological polar surface area (TPSA) is 64.1 Å². The number of ether oxygens (including phenoxy) is 1. The van der Waals surface area contributed by atoms with E-state index in [1.165, 1.54) is 16.9 Å². The van der Waals surface area contributed by atoms with Gasteiger partial charge in [-0.25, -0.2) is 4.98 Å². The summed E-state index contributed by atoms with van der Waals surface area (Å²) in [7, 11) is 0. The Labute approximate surface area is 150 Å². The van der Waals surface area contributed by atoms with Gasteiger partial charge in [-0.2, -0.15) is 0 Å². The second-order valence-corrected chi connectivity index (χ2v) is 6.86. The number of anilines is 1. The van der Waals surface area contributed by atoms with Crippen LogP contribution in [0.5, 0.6) is 5.75 Å². The molecule has 0 aliphatic rings. The first-order chi connectivity index (χ1) is 12.0. The zero-order chi connectivity index (χ0) is 17.8. The van der Waals surface area contributed by atoms with Crippen LogP contribution in [0, 0.1) is 20.8 Å². The minimum atomic E-state index is -0.144. The lowest BCUT2D eigenvalue weighted by atomic mass is 10.1. The summed E-state index contributed by atoms with van der Waals surface area (Å²) in [5.41, 5.74) is 3.73. The van der Waals surface area contributed by atoms with E-state index in [0.717, 1.165) is 16.3 Å². The number of nitrogens with zero attached hydrogens (tertiary/aromatic N) is 2. The van der Waals surface area contributed by atoms with Crippen LogP contribution in [0.2, 0.25) is 0 Å². The first-order valence-corrected chi connectivity index (χ1v) is 8.72. The number of aryl methyl sites for hydroxylation is 3. The van der Waals surface area contributed by atoms with Gasteiger partial charge in [-0.1, -0.05) is 17.7 Å². The maximum atomic E-state index is 12.6. The van der Waals surface area contributed by atoms with Gasteiger partial charge in [-0.05, 0) is 44.5 Å². The SMILES string of the molecule is Cc1ccc(NC(=O)c2sc(COc3cccnc3)nc2C)c(C)c1. The van der Waals surface area contributed by atoms with Crippen molar-refractivity contribution in [3.05, 3.63) is 69.4 Å². The lowest BCUT2D eigenvalue weighted by molar-refractivity contribution is 0.102. The molecule has 3 rings (SSSR count). The van der Waals surface area contributed by atoms with E-state index in [0.29, 0.717) is 22.9 Å². The molecule has 0 radical (unpaired) electrons. The first kappa shape index (κ1) is 17.1. The van der Waals surface area contributed by atoms with Gasteiger partial charge >= 0.3 is 0 Å². The Bertz CT molecular complexity index is 891. The van der Waals surface area contributed by atoms with Crippen LogP contribution in [0.25, 0.3) is 0 Å². The van der Waals surface area contributed by atoms with Crippen molar-refractivity contribution in [3.8, 4) is 5.75 Å². The van der Waals surface area contributed by atoms with E-state index >= 15 is 0 Å². The number of pyridine rings is 1. The first-order valence-electron chi connectivity index (χ1n) is 7.90. The van der Waals surface area contributed by atoms with E-state index in [2.05, 4.69) is 15.3 Å². The van der Waals surface area contributed by atoms with Gasteiger partial charge in [-0.3, -0.25) is 9.78 Å². The number of carbonyl (C=O) groups is 1. The van der Waals surface area contributed by atoms with Gasteiger partial charge in [0.25, 0.3) is 5.91 Å². The number of benzene rings is 1. The van der Waals surface area contributed by atoms with Gasteiger partial charge in [0.1, 0.15) is 22.2 Å². The molecule has 0 aliphatic carbocycles. The fourth-order valence-corrected chi connectivity index (χ4v) is 3.31. The van der Waals surface area contributed by atoms with Crippen LogP contribution in [-0.4, -0.2) is 15.9 Å². The molecule has 0 fully saturated rings. The van der Waals surface area contributed by atoms with Crippen molar-refractivity contribution in [2.45, 2.75) is 27.4 Å². The lowest BCUT2D eigenvalue weighted by Gasteiger charge is -2.08. The molecule has 1 N–H and O–H groups in total. The highest BCUT2D eigenvalue weighted by atomic mass is 32.1. The van der Waals surface area contributed by atoms with Crippen LogP contribution < -0.4 is 10.1 Å². The molecule has 128 valence electrons. The predicted molar refractivity (Wildman–Crippen MR) is 99.3 cm³/mol. The third-order valence-electron chi connectivity index (χ3n) is 3.67. The Morgan fingerprint density at radius 1 is 1.24 bits per heavy atom. The third kappa shape index (κ3) is 4.22. The molecule has 0 spiro atoms. The van der Waals surface area contributed by atoms with E-state index < -0.39 is 0 Å².